The van der Waals surface area contributed by atoms with Gasteiger partial charge in [0.25, 0.3) is 11.6 Å². The number of hydrogen-bond donors (Lipinski definition) is 1. The summed E-state index contributed by atoms with van der Waals surface area (Å²) in [5.41, 5.74) is 0.0145. The van der Waals surface area contributed by atoms with Crippen LogP contribution in [0, 0.1) is 10.1 Å². The standard InChI is InChI=1S/C15H13ClN2O4/c1-10(22-12-5-3-2-4-6-12)15(19)17-11-7-8-13(16)14(9-11)18(20)21/h2-10H,1H3,(H,17,19)/t10-/m0/s1. The average molecular weight is 321 g/mol. The van der Waals surface area contributed by atoms with Crippen LogP contribution in [0.5, 0.6) is 5.75 Å². The van der Waals surface area contributed by atoms with E-state index in [9.17, 15) is 14.9 Å². The highest BCUT2D eigenvalue weighted by atomic mass is 35.5. The third kappa shape index (κ3) is 3.95. The van der Waals surface area contributed by atoms with Crippen LogP contribution >= 0.6 is 11.6 Å². The maximum absolute atomic E-state index is 12.0. The Labute approximate surface area is 131 Å². The van der Waals surface area contributed by atoms with E-state index in [2.05, 4.69) is 5.32 Å². The number of nitro groups is 1. The summed E-state index contributed by atoms with van der Waals surface area (Å²) in [6.45, 7) is 1.59. The number of rotatable bonds is 5. The fourth-order valence-electron chi connectivity index (χ4n) is 1.73. The van der Waals surface area contributed by atoms with Crippen LogP contribution in [0.4, 0.5) is 11.4 Å². The second-order valence-electron chi connectivity index (χ2n) is 4.49. The molecule has 0 unspecified atom stereocenters. The summed E-state index contributed by atoms with van der Waals surface area (Å²) in [6, 6.07) is 12.9. The smallest absolute Gasteiger partial charge is 0.289 e. The predicted octanol–water partition coefficient (Wildman–Crippen LogP) is 3.65. The number of nitrogens with zero attached hydrogens (tertiary/aromatic N) is 1. The third-order valence-corrected chi connectivity index (χ3v) is 3.16. The minimum absolute atomic E-state index is 0.0107. The lowest BCUT2D eigenvalue weighted by atomic mass is 10.2. The van der Waals surface area contributed by atoms with Crippen LogP contribution in [0.25, 0.3) is 0 Å². The number of benzene rings is 2. The molecule has 1 atom stereocenters. The van der Waals surface area contributed by atoms with E-state index in [-0.39, 0.29) is 16.4 Å². The number of para-hydroxylation sites is 1. The predicted molar refractivity (Wildman–Crippen MR) is 83.3 cm³/mol. The van der Waals surface area contributed by atoms with Crippen LogP contribution in [-0.2, 0) is 4.79 Å². The Morgan fingerprint density at radius 2 is 1.95 bits per heavy atom. The third-order valence-electron chi connectivity index (χ3n) is 2.84. The Morgan fingerprint density at radius 3 is 2.59 bits per heavy atom. The van der Waals surface area contributed by atoms with Crippen molar-refractivity contribution in [2.24, 2.45) is 0 Å². The number of halogens is 1. The van der Waals surface area contributed by atoms with Crippen molar-refractivity contribution in [3.8, 4) is 5.75 Å². The van der Waals surface area contributed by atoms with E-state index in [0.717, 1.165) is 0 Å². The minimum Gasteiger partial charge on any atom is -0.481 e. The Balaban J connectivity index is 2.05. The van der Waals surface area contributed by atoms with Crippen molar-refractivity contribution < 1.29 is 14.5 Å². The van der Waals surface area contributed by atoms with Gasteiger partial charge in [0.2, 0.25) is 0 Å². The van der Waals surface area contributed by atoms with Gasteiger partial charge in [0.05, 0.1) is 4.92 Å². The van der Waals surface area contributed by atoms with Crippen molar-refractivity contribution in [3.05, 3.63) is 63.7 Å². The van der Waals surface area contributed by atoms with E-state index in [1.165, 1.54) is 18.2 Å². The molecule has 0 aliphatic heterocycles. The van der Waals surface area contributed by atoms with Gasteiger partial charge in [-0.3, -0.25) is 14.9 Å². The number of nitro benzene ring substituents is 1. The minimum atomic E-state index is -0.753. The SMILES string of the molecule is C[C@H](Oc1ccccc1)C(=O)Nc1ccc(Cl)c([N+](=O)[O-])c1. The van der Waals surface area contributed by atoms with E-state index >= 15 is 0 Å². The quantitative estimate of drug-likeness (QED) is 0.673. The second-order valence-corrected chi connectivity index (χ2v) is 4.89. The molecule has 0 bridgehead atoms. The van der Waals surface area contributed by atoms with Gasteiger partial charge in [0.15, 0.2) is 6.10 Å². The number of amides is 1. The van der Waals surface area contributed by atoms with E-state index in [4.69, 9.17) is 16.3 Å². The van der Waals surface area contributed by atoms with E-state index < -0.39 is 16.9 Å². The molecule has 0 spiro atoms. The maximum Gasteiger partial charge on any atom is 0.289 e. The zero-order valence-electron chi connectivity index (χ0n) is 11.7. The van der Waals surface area contributed by atoms with Crippen LogP contribution < -0.4 is 10.1 Å². The molecule has 0 aliphatic carbocycles. The Hall–Kier alpha value is -2.60. The molecule has 0 radical (unpaired) electrons. The van der Waals surface area contributed by atoms with Gasteiger partial charge in [-0.25, -0.2) is 0 Å². The average Bonchev–Trinajstić information content (AvgIpc) is 2.49. The van der Waals surface area contributed by atoms with Gasteiger partial charge in [-0.15, -0.1) is 0 Å². The van der Waals surface area contributed by atoms with Gasteiger partial charge < -0.3 is 10.1 Å². The molecule has 22 heavy (non-hydrogen) atoms. The van der Waals surface area contributed by atoms with Crippen molar-refractivity contribution in [1.29, 1.82) is 0 Å². The largest absolute Gasteiger partial charge is 0.481 e. The Kier molecular flexibility index (Phi) is 4.95. The molecule has 2 aromatic rings. The van der Waals surface area contributed by atoms with Crippen molar-refractivity contribution in [1.82, 2.24) is 0 Å². The van der Waals surface area contributed by atoms with Gasteiger partial charge in [-0.05, 0) is 31.2 Å². The zero-order chi connectivity index (χ0) is 16.1. The molecular weight excluding hydrogens is 308 g/mol. The summed E-state index contributed by atoms with van der Waals surface area (Å²) >= 11 is 5.72. The van der Waals surface area contributed by atoms with Crippen LogP contribution in [0.1, 0.15) is 6.92 Å². The highest BCUT2D eigenvalue weighted by Gasteiger charge is 2.18. The second kappa shape index (κ2) is 6.91. The summed E-state index contributed by atoms with van der Waals surface area (Å²) in [6.07, 6.45) is -0.753. The maximum atomic E-state index is 12.0. The summed E-state index contributed by atoms with van der Waals surface area (Å²) in [4.78, 5) is 22.3. The van der Waals surface area contributed by atoms with E-state index in [0.29, 0.717) is 5.75 Å². The lowest BCUT2D eigenvalue weighted by molar-refractivity contribution is -0.384. The number of anilines is 1. The molecule has 1 N–H and O–H groups in total. The van der Waals surface area contributed by atoms with Crippen molar-refractivity contribution in [2.45, 2.75) is 13.0 Å². The molecule has 0 aromatic heterocycles. The summed E-state index contributed by atoms with van der Waals surface area (Å²) in [7, 11) is 0. The first-order chi connectivity index (χ1) is 10.5. The molecular formula is C15H13ClN2O4. The molecule has 0 aliphatic rings. The van der Waals surface area contributed by atoms with Crippen LogP contribution in [-0.4, -0.2) is 16.9 Å². The lowest BCUT2D eigenvalue weighted by Crippen LogP contribution is -2.30. The normalized spacial score (nSPS) is 11.5. The van der Waals surface area contributed by atoms with Crippen molar-refractivity contribution in [2.75, 3.05) is 5.32 Å². The monoisotopic (exact) mass is 320 g/mol. The highest BCUT2D eigenvalue weighted by molar-refractivity contribution is 6.32. The molecule has 0 heterocycles. The number of carbonyl (C=O) groups is 1. The zero-order valence-corrected chi connectivity index (χ0v) is 12.4. The Morgan fingerprint density at radius 1 is 1.27 bits per heavy atom. The van der Waals surface area contributed by atoms with Crippen molar-refractivity contribution >= 4 is 28.9 Å². The number of ether oxygens (including phenoxy) is 1. The molecule has 7 heteroatoms. The van der Waals surface area contributed by atoms with Gasteiger partial charge in [0.1, 0.15) is 10.8 Å². The first-order valence-corrected chi connectivity index (χ1v) is 6.81. The Bertz CT molecular complexity index is 691. The lowest BCUT2D eigenvalue weighted by Gasteiger charge is -2.14. The first-order valence-electron chi connectivity index (χ1n) is 6.44. The van der Waals surface area contributed by atoms with Crippen molar-refractivity contribution in [3.63, 3.8) is 0 Å². The number of carbonyl (C=O) groups excluding carboxylic acids is 1. The number of hydrogen-bond acceptors (Lipinski definition) is 4. The molecule has 114 valence electrons. The topological polar surface area (TPSA) is 81.5 Å². The molecule has 6 nitrogen and oxygen atoms in total. The van der Waals surface area contributed by atoms with Gasteiger partial charge in [-0.1, -0.05) is 29.8 Å². The fraction of sp³-hybridized carbons (Fsp3) is 0.133. The molecule has 0 saturated heterocycles. The fourth-order valence-corrected chi connectivity index (χ4v) is 1.92. The van der Waals surface area contributed by atoms with Crippen LogP contribution in [0.2, 0.25) is 5.02 Å². The molecule has 0 saturated carbocycles. The summed E-state index contributed by atoms with van der Waals surface area (Å²) in [5, 5.41) is 13.4. The molecule has 1 amide bonds. The van der Waals surface area contributed by atoms with E-state index in [1.54, 1.807) is 31.2 Å². The summed E-state index contributed by atoms with van der Waals surface area (Å²) in [5.74, 6) is 0.146. The number of nitrogens with one attached hydrogen (secondary N) is 1. The van der Waals surface area contributed by atoms with Crippen LogP contribution in [0.15, 0.2) is 48.5 Å². The van der Waals surface area contributed by atoms with Gasteiger partial charge in [0, 0.05) is 11.8 Å². The summed E-state index contributed by atoms with van der Waals surface area (Å²) < 4.78 is 5.48. The molecule has 2 rings (SSSR count). The van der Waals surface area contributed by atoms with Gasteiger partial charge in [-0.2, -0.15) is 0 Å². The molecule has 2 aromatic carbocycles. The van der Waals surface area contributed by atoms with Gasteiger partial charge >= 0.3 is 0 Å². The molecule has 0 fully saturated rings. The van der Waals surface area contributed by atoms with E-state index in [1.807, 2.05) is 6.07 Å². The first kappa shape index (κ1) is 15.8. The highest BCUT2D eigenvalue weighted by Crippen LogP contribution is 2.27. The van der Waals surface area contributed by atoms with Crippen LogP contribution in [0.3, 0.4) is 0 Å².